The Morgan fingerprint density at radius 1 is 1.44 bits per heavy atom. The molecule has 0 saturated heterocycles. The van der Waals surface area contributed by atoms with Gasteiger partial charge in [0.2, 0.25) is 0 Å². The summed E-state index contributed by atoms with van der Waals surface area (Å²) >= 11 is 0. The standard InChI is InChI=1S/C13H15N3O2/c1-9-7-15-13(18)16(9)11-5-3-4-10(6-11)12(17)8-14-2/h3-7,14H,8H2,1-2H3,(H,15,18). The van der Waals surface area contributed by atoms with Crippen molar-refractivity contribution in [2.75, 3.05) is 13.6 Å². The van der Waals surface area contributed by atoms with Crippen molar-refractivity contribution in [3.63, 3.8) is 0 Å². The van der Waals surface area contributed by atoms with Gasteiger partial charge in [0.25, 0.3) is 0 Å². The smallest absolute Gasteiger partial charge is 0.313 e. The van der Waals surface area contributed by atoms with Crippen LogP contribution in [0.15, 0.2) is 35.3 Å². The maximum atomic E-state index is 11.8. The Hall–Kier alpha value is -2.14. The second kappa shape index (κ2) is 5.01. The van der Waals surface area contributed by atoms with Gasteiger partial charge in [-0.05, 0) is 26.1 Å². The topological polar surface area (TPSA) is 66.9 Å². The molecule has 0 unspecified atom stereocenters. The number of imidazole rings is 1. The van der Waals surface area contributed by atoms with E-state index in [4.69, 9.17) is 0 Å². The quantitative estimate of drug-likeness (QED) is 0.786. The molecule has 5 heteroatoms. The molecule has 1 aromatic heterocycles. The summed E-state index contributed by atoms with van der Waals surface area (Å²) in [7, 11) is 1.72. The zero-order chi connectivity index (χ0) is 13.1. The van der Waals surface area contributed by atoms with Crippen LogP contribution in [0, 0.1) is 6.92 Å². The van der Waals surface area contributed by atoms with Gasteiger partial charge in [-0.25, -0.2) is 4.79 Å². The molecule has 2 aromatic rings. The number of likely N-dealkylation sites (N-methyl/N-ethyl adjacent to an activating group) is 1. The molecule has 2 rings (SSSR count). The molecule has 1 heterocycles. The third kappa shape index (κ3) is 2.26. The third-order valence-corrected chi connectivity index (χ3v) is 2.72. The van der Waals surface area contributed by atoms with Crippen molar-refractivity contribution in [1.29, 1.82) is 0 Å². The Balaban J connectivity index is 2.45. The number of hydrogen-bond acceptors (Lipinski definition) is 3. The van der Waals surface area contributed by atoms with Gasteiger partial charge in [-0.3, -0.25) is 9.36 Å². The molecule has 0 aliphatic heterocycles. The highest BCUT2D eigenvalue weighted by atomic mass is 16.1. The van der Waals surface area contributed by atoms with E-state index >= 15 is 0 Å². The van der Waals surface area contributed by atoms with Gasteiger partial charge in [0, 0.05) is 17.5 Å². The van der Waals surface area contributed by atoms with Gasteiger partial charge in [-0.2, -0.15) is 0 Å². The number of hydrogen-bond donors (Lipinski definition) is 2. The van der Waals surface area contributed by atoms with Crippen molar-refractivity contribution in [3.8, 4) is 5.69 Å². The number of aryl methyl sites for hydroxylation is 1. The first-order valence-corrected chi connectivity index (χ1v) is 5.68. The van der Waals surface area contributed by atoms with Crippen molar-refractivity contribution in [1.82, 2.24) is 14.9 Å². The summed E-state index contributed by atoms with van der Waals surface area (Å²) in [6, 6.07) is 7.05. The number of nitrogens with one attached hydrogen (secondary N) is 2. The van der Waals surface area contributed by atoms with Crippen molar-refractivity contribution in [2.24, 2.45) is 0 Å². The van der Waals surface area contributed by atoms with E-state index in [1.54, 1.807) is 37.5 Å². The number of carbonyl (C=O) groups excluding carboxylic acids is 1. The first-order chi connectivity index (χ1) is 8.63. The minimum atomic E-state index is -0.203. The van der Waals surface area contributed by atoms with Crippen LogP contribution in [-0.2, 0) is 0 Å². The predicted molar refractivity (Wildman–Crippen MR) is 69.4 cm³/mol. The lowest BCUT2D eigenvalue weighted by atomic mass is 10.1. The summed E-state index contributed by atoms with van der Waals surface area (Å²) in [5, 5.41) is 2.82. The van der Waals surface area contributed by atoms with E-state index in [2.05, 4.69) is 10.3 Å². The summed E-state index contributed by atoms with van der Waals surface area (Å²) in [5.74, 6) is 0.000544. The Kier molecular flexibility index (Phi) is 3.43. The maximum Gasteiger partial charge on any atom is 0.330 e. The lowest BCUT2D eigenvalue weighted by Crippen LogP contribution is -2.20. The molecular weight excluding hydrogens is 230 g/mol. The monoisotopic (exact) mass is 245 g/mol. The largest absolute Gasteiger partial charge is 0.330 e. The summed E-state index contributed by atoms with van der Waals surface area (Å²) in [6.45, 7) is 2.12. The molecule has 5 nitrogen and oxygen atoms in total. The zero-order valence-electron chi connectivity index (χ0n) is 10.4. The highest BCUT2D eigenvalue weighted by Crippen LogP contribution is 2.11. The maximum absolute atomic E-state index is 11.8. The van der Waals surface area contributed by atoms with Crippen molar-refractivity contribution < 1.29 is 4.79 Å². The molecule has 0 fully saturated rings. The molecule has 0 aliphatic rings. The molecule has 0 spiro atoms. The molecule has 0 radical (unpaired) electrons. The van der Waals surface area contributed by atoms with Crippen molar-refractivity contribution in [2.45, 2.75) is 6.92 Å². The fourth-order valence-corrected chi connectivity index (χ4v) is 1.86. The summed E-state index contributed by atoms with van der Waals surface area (Å²) in [4.78, 5) is 26.1. The number of ketones is 1. The van der Waals surface area contributed by atoms with Crippen molar-refractivity contribution in [3.05, 3.63) is 52.2 Å². The molecular formula is C13H15N3O2. The summed E-state index contributed by atoms with van der Waals surface area (Å²) in [5.41, 5.74) is 1.89. The first kappa shape index (κ1) is 12.3. The lowest BCUT2D eigenvalue weighted by Gasteiger charge is -2.06. The summed E-state index contributed by atoms with van der Waals surface area (Å²) < 4.78 is 1.54. The fourth-order valence-electron chi connectivity index (χ4n) is 1.86. The molecule has 1 aromatic carbocycles. The highest BCUT2D eigenvalue weighted by Gasteiger charge is 2.08. The van der Waals surface area contributed by atoms with Crippen LogP contribution in [0.4, 0.5) is 0 Å². The Bertz CT molecular complexity index is 625. The number of nitrogens with zero attached hydrogens (tertiary/aromatic N) is 1. The van der Waals surface area contributed by atoms with Crippen LogP contribution >= 0.6 is 0 Å². The molecule has 0 saturated carbocycles. The molecule has 94 valence electrons. The number of aromatic amines is 1. The van der Waals surface area contributed by atoms with Crippen LogP contribution in [0.25, 0.3) is 5.69 Å². The minimum Gasteiger partial charge on any atom is -0.313 e. The zero-order valence-corrected chi connectivity index (χ0v) is 10.4. The van der Waals surface area contributed by atoms with Gasteiger partial charge in [0.15, 0.2) is 5.78 Å². The van der Waals surface area contributed by atoms with E-state index in [9.17, 15) is 9.59 Å². The number of Topliss-reactive ketones (excluding diaryl/α,β-unsaturated/α-hetero) is 1. The molecule has 2 N–H and O–H groups in total. The molecule has 0 bridgehead atoms. The van der Waals surface area contributed by atoms with E-state index in [0.29, 0.717) is 11.3 Å². The van der Waals surface area contributed by atoms with Crippen LogP contribution in [0.5, 0.6) is 0 Å². The normalized spacial score (nSPS) is 10.6. The molecule has 0 atom stereocenters. The van der Waals surface area contributed by atoms with Gasteiger partial charge >= 0.3 is 5.69 Å². The van der Waals surface area contributed by atoms with E-state index in [-0.39, 0.29) is 18.0 Å². The van der Waals surface area contributed by atoms with Gasteiger partial charge < -0.3 is 10.3 Å². The third-order valence-electron chi connectivity index (χ3n) is 2.72. The molecule has 0 amide bonds. The van der Waals surface area contributed by atoms with E-state index in [1.165, 1.54) is 4.57 Å². The number of benzene rings is 1. The van der Waals surface area contributed by atoms with Crippen LogP contribution in [0.2, 0.25) is 0 Å². The number of rotatable bonds is 4. The van der Waals surface area contributed by atoms with E-state index in [1.807, 2.05) is 6.92 Å². The molecule has 18 heavy (non-hydrogen) atoms. The second-order valence-electron chi connectivity index (χ2n) is 4.07. The van der Waals surface area contributed by atoms with Crippen LogP contribution in [0.3, 0.4) is 0 Å². The van der Waals surface area contributed by atoms with Gasteiger partial charge in [0.1, 0.15) is 0 Å². The van der Waals surface area contributed by atoms with Gasteiger partial charge in [-0.1, -0.05) is 12.1 Å². The van der Waals surface area contributed by atoms with Crippen LogP contribution < -0.4 is 11.0 Å². The predicted octanol–water partition coefficient (Wildman–Crippen LogP) is 0.876. The number of carbonyl (C=O) groups is 1. The second-order valence-corrected chi connectivity index (χ2v) is 4.07. The number of aromatic nitrogens is 2. The van der Waals surface area contributed by atoms with E-state index in [0.717, 1.165) is 5.69 Å². The Morgan fingerprint density at radius 3 is 2.83 bits per heavy atom. The minimum absolute atomic E-state index is 0.000544. The number of H-pyrrole nitrogens is 1. The van der Waals surface area contributed by atoms with Crippen LogP contribution in [0.1, 0.15) is 16.1 Å². The van der Waals surface area contributed by atoms with Crippen molar-refractivity contribution >= 4 is 5.78 Å². The summed E-state index contributed by atoms with van der Waals surface area (Å²) in [6.07, 6.45) is 1.64. The fraction of sp³-hybridized carbons (Fsp3) is 0.231. The lowest BCUT2D eigenvalue weighted by molar-refractivity contribution is 0.0993. The van der Waals surface area contributed by atoms with E-state index < -0.39 is 0 Å². The Labute approximate surface area is 104 Å². The SMILES string of the molecule is CNCC(=O)c1cccc(-n2c(C)c[nH]c2=O)c1. The highest BCUT2D eigenvalue weighted by molar-refractivity contribution is 5.98. The van der Waals surface area contributed by atoms with Gasteiger partial charge in [0.05, 0.1) is 12.2 Å². The van der Waals surface area contributed by atoms with Crippen LogP contribution in [-0.4, -0.2) is 28.9 Å². The van der Waals surface area contributed by atoms with Gasteiger partial charge in [-0.15, -0.1) is 0 Å². The first-order valence-electron chi connectivity index (χ1n) is 5.68. The average Bonchev–Trinajstić information content (AvgIpc) is 2.69. The average molecular weight is 245 g/mol. The molecule has 0 aliphatic carbocycles. The Morgan fingerprint density at radius 2 is 2.22 bits per heavy atom.